The van der Waals surface area contributed by atoms with Gasteiger partial charge in [-0.2, -0.15) is 0 Å². The smallest absolute Gasteiger partial charge is 0.144 e. The monoisotopic (exact) mass is 245 g/mol. The lowest BCUT2D eigenvalue weighted by Gasteiger charge is -2.24. The molecule has 0 fully saturated rings. The molecule has 0 radical (unpaired) electrons. The molecule has 0 amide bonds. The fraction of sp³-hybridized carbons (Fsp3) is 0.385. The maximum absolute atomic E-state index is 5.61. The van der Waals surface area contributed by atoms with Crippen LogP contribution in [0.2, 0.25) is 0 Å². The van der Waals surface area contributed by atoms with Gasteiger partial charge < -0.3 is 16.0 Å². The predicted molar refractivity (Wildman–Crippen MR) is 72.0 cm³/mol. The van der Waals surface area contributed by atoms with Crippen molar-refractivity contribution in [2.75, 3.05) is 12.3 Å². The van der Waals surface area contributed by atoms with E-state index in [1.807, 2.05) is 12.4 Å². The molecule has 0 aliphatic heterocycles. The zero-order valence-electron chi connectivity index (χ0n) is 10.8. The fourth-order valence-corrected chi connectivity index (χ4v) is 1.83. The SMILES string of the molecule is CC(C)(CNCc1nccc(N)n1)c1cc[nH]c1. The Bertz CT molecular complexity index is 490. The highest BCUT2D eigenvalue weighted by Crippen LogP contribution is 2.21. The maximum Gasteiger partial charge on any atom is 0.144 e. The summed E-state index contributed by atoms with van der Waals surface area (Å²) in [4.78, 5) is 11.4. The number of nitrogens with one attached hydrogen (secondary N) is 2. The second-order valence-electron chi connectivity index (χ2n) is 4.98. The number of hydrogen-bond acceptors (Lipinski definition) is 4. The number of nitrogen functional groups attached to an aromatic ring is 1. The molecule has 0 aliphatic rings. The van der Waals surface area contributed by atoms with Crippen molar-refractivity contribution in [3.8, 4) is 0 Å². The average molecular weight is 245 g/mol. The molecular formula is C13H19N5. The van der Waals surface area contributed by atoms with E-state index >= 15 is 0 Å². The molecule has 2 heterocycles. The molecule has 5 nitrogen and oxygen atoms in total. The molecule has 0 aromatic carbocycles. The van der Waals surface area contributed by atoms with Gasteiger partial charge in [0, 0.05) is 30.6 Å². The highest BCUT2D eigenvalue weighted by molar-refractivity contribution is 5.25. The van der Waals surface area contributed by atoms with Crippen LogP contribution in [0.4, 0.5) is 5.82 Å². The average Bonchev–Trinajstić information content (AvgIpc) is 2.83. The van der Waals surface area contributed by atoms with Crippen molar-refractivity contribution in [1.82, 2.24) is 20.3 Å². The van der Waals surface area contributed by atoms with Gasteiger partial charge in [-0.05, 0) is 17.7 Å². The number of aromatic nitrogens is 3. The van der Waals surface area contributed by atoms with Crippen molar-refractivity contribution in [3.63, 3.8) is 0 Å². The summed E-state index contributed by atoms with van der Waals surface area (Å²) in [6.07, 6.45) is 5.65. The van der Waals surface area contributed by atoms with Gasteiger partial charge in [0.15, 0.2) is 0 Å². The van der Waals surface area contributed by atoms with E-state index in [2.05, 4.69) is 40.2 Å². The minimum absolute atomic E-state index is 0.0698. The number of hydrogen-bond donors (Lipinski definition) is 3. The summed E-state index contributed by atoms with van der Waals surface area (Å²) in [7, 11) is 0. The van der Waals surface area contributed by atoms with Crippen LogP contribution in [0.25, 0.3) is 0 Å². The fourth-order valence-electron chi connectivity index (χ4n) is 1.83. The Labute approximate surface area is 107 Å². The van der Waals surface area contributed by atoms with Crippen LogP contribution >= 0.6 is 0 Å². The number of nitrogens with zero attached hydrogens (tertiary/aromatic N) is 2. The molecule has 2 aromatic heterocycles. The highest BCUT2D eigenvalue weighted by Gasteiger charge is 2.20. The van der Waals surface area contributed by atoms with Gasteiger partial charge in [0.2, 0.25) is 0 Å². The van der Waals surface area contributed by atoms with Crippen LogP contribution in [0, 0.1) is 0 Å². The lowest BCUT2D eigenvalue weighted by Crippen LogP contribution is -2.32. The number of anilines is 1. The number of rotatable bonds is 5. The zero-order valence-corrected chi connectivity index (χ0v) is 10.8. The quantitative estimate of drug-likeness (QED) is 0.745. The molecule has 2 aromatic rings. The summed E-state index contributed by atoms with van der Waals surface area (Å²) in [6.45, 7) is 5.87. The van der Waals surface area contributed by atoms with Crippen LogP contribution in [0.5, 0.6) is 0 Å². The maximum atomic E-state index is 5.61. The van der Waals surface area contributed by atoms with E-state index in [4.69, 9.17) is 5.73 Å². The first-order chi connectivity index (χ1) is 8.58. The van der Waals surface area contributed by atoms with Crippen LogP contribution in [0.15, 0.2) is 30.7 Å². The van der Waals surface area contributed by atoms with Gasteiger partial charge in [-0.25, -0.2) is 9.97 Å². The van der Waals surface area contributed by atoms with Gasteiger partial charge in [-0.1, -0.05) is 13.8 Å². The Morgan fingerprint density at radius 3 is 2.89 bits per heavy atom. The lowest BCUT2D eigenvalue weighted by molar-refractivity contribution is 0.465. The van der Waals surface area contributed by atoms with Crippen molar-refractivity contribution in [1.29, 1.82) is 0 Å². The molecule has 0 spiro atoms. The minimum atomic E-state index is 0.0698. The molecule has 0 atom stereocenters. The molecule has 0 unspecified atom stereocenters. The topological polar surface area (TPSA) is 79.6 Å². The van der Waals surface area contributed by atoms with Crippen molar-refractivity contribution >= 4 is 5.82 Å². The molecular weight excluding hydrogens is 226 g/mol. The molecule has 2 rings (SSSR count). The third kappa shape index (κ3) is 3.07. The normalized spacial score (nSPS) is 11.7. The summed E-state index contributed by atoms with van der Waals surface area (Å²) < 4.78 is 0. The first kappa shape index (κ1) is 12.6. The summed E-state index contributed by atoms with van der Waals surface area (Å²) in [5.41, 5.74) is 6.96. The lowest BCUT2D eigenvalue weighted by atomic mass is 9.86. The van der Waals surface area contributed by atoms with Gasteiger partial charge in [-0.3, -0.25) is 0 Å². The van der Waals surface area contributed by atoms with E-state index in [0.717, 1.165) is 12.4 Å². The van der Waals surface area contributed by atoms with Crippen molar-refractivity contribution in [2.45, 2.75) is 25.8 Å². The molecule has 5 heteroatoms. The van der Waals surface area contributed by atoms with Crippen molar-refractivity contribution in [3.05, 3.63) is 42.1 Å². The molecule has 18 heavy (non-hydrogen) atoms. The third-order valence-electron chi connectivity index (χ3n) is 2.96. The van der Waals surface area contributed by atoms with E-state index in [1.165, 1.54) is 5.56 Å². The summed E-state index contributed by atoms with van der Waals surface area (Å²) in [6, 6.07) is 3.78. The van der Waals surface area contributed by atoms with Crippen LogP contribution in [0.1, 0.15) is 25.2 Å². The summed E-state index contributed by atoms with van der Waals surface area (Å²) in [5.74, 6) is 1.23. The van der Waals surface area contributed by atoms with Gasteiger partial charge in [0.1, 0.15) is 11.6 Å². The van der Waals surface area contributed by atoms with Gasteiger partial charge in [0.05, 0.1) is 6.54 Å². The van der Waals surface area contributed by atoms with Crippen LogP contribution in [-0.4, -0.2) is 21.5 Å². The molecule has 96 valence electrons. The first-order valence-electron chi connectivity index (χ1n) is 5.99. The van der Waals surface area contributed by atoms with Crippen LogP contribution in [0.3, 0.4) is 0 Å². The van der Waals surface area contributed by atoms with Crippen LogP contribution < -0.4 is 11.1 Å². The van der Waals surface area contributed by atoms with Gasteiger partial charge >= 0.3 is 0 Å². The van der Waals surface area contributed by atoms with Gasteiger partial charge in [0.25, 0.3) is 0 Å². The van der Waals surface area contributed by atoms with E-state index in [-0.39, 0.29) is 5.41 Å². The molecule has 4 N–H and O–H groups in total. The minimum Gasteiger partial charge on any atom is -0.384 e. The molecule has 0 bridgehead atoms. The Balaban J connectivity index is 1.89. The Morgan fingerprint density at radius 2 is 2.22 bits per heavy atom. The van der Waals surface area contributed by atoms with Gasteiger partial charge in [-0.15, -0.1) is 0 Å². The third-order valence-corrected chi connectivity index (χ3v) is 2.96. The predicted octanol–water partition coefficient (Wildman–Crippen LogP) is 1.45. The number of nitrogens with two attached hydrogens (primary N) is 1. The number of H-pyrrole nitrogens is 1. The molecule has 0 saturated carbocycles. The van der Waals surface area contributed by atoms with E-state index in [9.17, 15) is 0 Å². The summed E-state index contributed by atoms with van der Waals surface area (Å²) >= 11 is 0. The Morgan fingerprint density at radius 1 is 1.39 bits per heavy atom. The Kier molecular flexibility index (Phi) is 3.62. The second kappa shape index (κ2) is 5.18. The Hall–Kier alpha value is -1.88. The summed E-state index contributed by atoms with van der Waals surface area (Å²) in [5, 5.41) is 3.36. The van der Waals surface area contributed by atoms with Crippen molar-refractivity contribution in [2.24, 2.45) is 0 Å². The van der Waals surface area contributed by atoms with Crippen LogP contribution in [-0.2, 0) is 12.0 Å². The highest BCUT2D eigenvalue weighted by atomic mass is 15.0. The van der Waals surface area contributed by atoms with E-state index < -0.39 is 0 Å². The molecule has 0 saturated heterocycles. The second-order valence-corrected chi connectivity index (χ2v) is 4.98. The zero-order chi connectivity index (χ0) is 13.0. The first-order valence-corrected chi connectivity index (χ1v) is 5.99. The van der Waals surface area contributed by atoms with E-state index in [1.54, 1.807) is 12.3 Å². The standard InChI is InChI=1S/C13H19N5/c1-13(2,10-3-5-15-7-10)9-16-8-12-17-6-4-11(14)18-12/h3-7,15-16H,8-9H2,1-2H3,(H2,14,17,18). The van der Waals surface area contributed by atoms with E-state index in [0.29, 0.717) is 12.4 Å². The number of aromatic amines is 1. The largest absolute Gasteiger partial charge is 0.384 e. The molecule has 0 aliphatic carbocycles. The van der Waals surface area contributed by atoms with Crippen molar-refractivity contribution < 1.29 is 0 Å².